The standard InChI is InChI=1S/C14H29NO/c1-4-7-14-10-13(8-9-16-14)15-11-12(5-2)6-3/h12-15H,4-11H2,1-3H3. The van der Waals surface area contributed by atoms with Crippen molar-refractivity contribution in [2.75, 3.05) is 13.2 Å². The summed E-state index contributed by atoms with van der Waals surface area (Å²) in [4.78, 5) is 0. The smallest absolute Gasteiger partial charge is 0.0589 e. The Morgan fingerprint density at radius 3 is 2.62 bits per heavy atom. The number of hydrogen-bond donors (Lipinski definition) is 1. The van der Waals surface area contributed by atoms with Gasteiger partial charge in [0.1, 0.15) is 0 Å². The van der Waals surface area contributed by atoms with E-state index in [9.17, 15) is 0 Å². The third-order valence-electron chi connectivity index (χ3n) is 3.83. The van der Waals surface area contributed by atoms with Crippen LogP contribution in [0.3, 0.4) is 0 Å². The summed E-state index contributed by atoms with van der Waals surface area (Å²) in [5.74, 6) is 0.854. The zero-order valence-electron chi connectivity index (χ0n) is 11.3. The summed E-state index contributed by atoms with van der Waals surface area (Å²) in [6.45, 7) is 8.96. The van der Waals surface area contributed by atoms with Crippen LogP contribution >= 0.6 is 0 Å². The highest BCUT2D eigenvalue weighted by atomic mass is 16.5. The number of rotatable bonds is 7. The molecule has 0 saturated carbocycles. The monoisotopic (exact) mass is 227 g/mol. The molecule has 0 aromatic rings. The Bertz CT molecular complexity index is 166. The molecule has 0 aromatic heterocycles. The van der Waals surface area contributed by atoms with Crippen LogP contribution < -0.4 is 5.32 Å². The van der Waals surface area contributed by atoms with Crippen LogP contribution in [0.4, 0.5) is 0 Å². The van der Waals surface area contributed by atoms with Gasteiger partial charge in [0, 0.05) is 12.6 Å². The summed E-state index contributed by atoms with van der Waals surface area (Å²) in [5.41, 5.74) is 0. The fourth-order valence-corrected chi connectivity index (χ4v) is 2.50. The summed E-state index contributed by atoms with van der Waals surface area (Å²) < 4.78 is 5.77. The van der Waals surface area contributed by atoms with E-state index in [1.54, 1.807) is 0 Å². The van der Waals surface area contributed by atoms with Gasteiger partial charge in [-0.15, -0.1) is 0 Å². The summed E-state index contributed by atoms with van der Waals surface area (Å²) in [6, 6.07) is 0.700. The van der Waals surface area contributed by atoms with Crippen LogP contribution in [-0.2, 0) is 4.74 Å². The Morgan fingerprint density at radius 2 is 2.00 bits per heavy atom. The van der Waals surface area contributed by atoms with Crippen molar-refractivity contribution in [3.63, 3.8) is 0 Å². The lowest BCUT2D eigenvalue weighted by molar-refractivity contribution is -0.00372. The van der Waals surface area contributed by atoms with Crippen LogP contribution in [0.5, 0.6) is 0 Å². The quantitative estimate of drug-likeness (QED) is 0.720. The Labute approximate surface area is 101 Å². The predicted octanol–water partition coefficient (Wildman–Crippen LogP) is 3.36. The Kier molecular flexibility index (Phi) is 7.06. The Balaban J connectivity index is 2.20. The topological polar surface area (TPSA) is 21.3 Å². The number of nitrogens with one attached hydrogen (secondary N) is 1. The number of hydrogen-bond acceptors (Lipinski definition) is 2. The van der Waals surface area contributed by atoms with Gasteiger partial charge in [0.05, 0.1) is 6.10 Å². The Morgan fingerprint density at radius 1 is 1.25 bits per heavy atom. The maximum Gasteiger partial charge on any atom is 0.0589 e. The third kappa shape index (κ3) is 4.84. The fourth-order valence-electron chi connectivity index (χ4n) is 2.50. The Hall–Kier alpha value is -0.0800. The van der Waals surface area contributed by atoms with Gasteiger partial charge in [-0.05, 0) is 31.7 Å². The molecule has 96 valence electrons. The minimum absolute atomic E-state index is 0.512. The zero-order valence-corrected chi connectivity index (χ0v) is 11.3. The van der Waals surface area contributed by atoms with Crippen molar-refractivity contribution < 1.29 is 4.74 Å². The van der Waals surface area contributed by atoms with Gasteiger partial charge in [-0.3, -0.25) is 0 Å². The molecule has 0 radical (unpaired) electrons. The fraction of sp³-hybridized carbons (Fsp3) is 1.00. The SMILES string of the molecule is CCCC1CC(NCC(CC)CC)CCO1. The van der Waals surface area contributed by atoms with Crippen LogP contribution in [0.1, 0.15) is 59.3 Å². The zero-order chi connectivity index (χ0) is 11.8. The van der Waals surface area contributed by atoms with Crippen LogP contribution in [0.2, 0.25) is 0 Å². The summed E-state index contributed by atoms with van der Waals surface area (Å²) in [6.07, 6.45) is 7.98. The van der Waals surface area contributed by atoms with E-state index in [0.717, 1.165) is 12.5 Å². The second-order valence-corrected chi connectivity index (χ2v) is 5.09. The van der Waals surface area contributed by atoms with Crippen molar-refractivity contribution >= 4 is 0 Å². The molecule has 16 heavy (non-hydrogen) atoms. The minimum atomic E-state index is 0.512. The molecule has 0 amide bonds. The van der Waals surface area contributed by atoms with Crippen LogP contribution in [0, 0.1) is 5.92 Å². The normalized spacial score (nSPS) is 26.2. The molecule has 2 heteroatoms. The minimum Gasteiger partial charge on any atom is -0.378 e. The lowest BCUT2D eigenvalue weighted by Crippen LogP contribution is -2.40. The molecule has 0 aromatic carbocycles. The van der Waals surface area contributed by atoms with E-state index < -0.39 is 0 Å². The van der Waals surface area contributed by atoms with Crippen molar-refractivity contribution in [2.24, 2.45) is 5.92 Å². The molecule has 1 rings (SSSR count). The third-order valence-corrected chi connectivity index (χ3v) is 3.83. The molecule has 1 saturated heterocycles. The van der Waals surface area contributed by atoms with Gasteiger partial charge in [0.25, 0.3) is 0 Å². The summed E-state index contributed by atoms with van der Waals surface area (Å²) >= 11 is 0. The highest BCUT2D eigenvalue weighted by Crippen LogP contribution is 2.18. The van der Waals surface area contributed by atoms with E-state index in [-0.39, 0.29) is 0 Å². The highest BCUT2D eigenvalue weighted by molar-refractivity contribution is 4.77. The van der Waals surface area contributed by atoms with E-state index in [1.807, 2.05) is 0 Å². The van der Waals surface area contributed by atoms with Gasteiger partial charge < -0.3 is 10.1 Å². The van der Waals surface area contributed by atoms with Crippen molar-refractivity contribution in [1.29, 1.82) is 0 Å². The van der Waals surface area contributed by atoms with Gasteiger partial charge in [0.2, 0.25) is 0 Å². The summed E-state index contributed by atoms with van der Waals surface area (Å²) in [7, 11) is 0. The van der Waals surface area contributed by atoms with E-state index in [2.05, 4.69) is 26.1 Å². The molecular formula is C14H29NO. The van der Waals surface area contributed by atoms with Crippen LogP contribution in [0.25, 0.3) is 0 Å². The molecular weight excluding hydrogens is 198 g/mol. The lowest BCUT2D eigenvalue weighted by atomic mass is 9.98. The van der Waals surface area contributed by atoms with E-state index in [0.29, 0.717) is 12.1 Å². The first-order chi connectivity index (χ1) is 7.80. The van der Waals surface area contributed by atoms with Crippen LogP contribution in [-0.4, -0.2) is 25.3 Å². The molecule has 1 aliphatic rings. The molecule has 0 spiro atoms. The van der Waals surface area contributed by atoms with Gasteiger partial charge in [0.15, 0.2) is 0 Å². The second kappa shape index (κ2) is 8.08. The molecule has 1 N–H and O–H groups in total. The molecule has 1 aliphatic heterocycles. The molecule has 2 nitrogen and oxygen atoms in total. The summed E-state index contributed by atoms with van der Waals surface area (Å²) in [5, 5.41) is 3.73. The lowest BCUT2D eigenvalue weighted by Gasteiger charge is -2.31. The van der Waals surface area contributed by atoms with Gasteiger partial charge in [-0.1, -0.05) is 40.0 Å². The molecule has 1 fully saturated rings. The van der Waals surface area contributed by atoms with Gasteiger partial charge in [-0.25, -0.2) is 0 Å². The maximum atomic E-state index is 5.77. The van der Waals surface area contributed by atoms with E-state index in [1.165, 1.54) is 45.1 Å². The average molecular weight is 227 g/mol. The van der Waals surface area contributed by atoms with Gasteiger partial charge >= 0.3 is 0 Å². The maximum absolute atomic E-state index is 5.77. The first kappa shape index (κ1) is 14.0. The van der Waals surface area contributed by atoms with Crippen LogP contribution in [0.15, 0.2) is 0 Å². The first-order valence-corrected chi connectivity index (χ1v) is 7.15. The van der Waals surface area contributed by atoms with Crippen molar-refractivity contribution in [3.05, 3.63) is 0 Å². The average Bonchev–Trinajstić information content (AvgIpc) is 2.31. The van der Waals surface area contributed by atoms with Crippen molar-refractivity contribution in [3.8, 4) is 0 Å². The van der Waals surface area contributed by atoms with E-state index >= 15 is 0 Å². The largest absolute Gasteiger partial charge is 0.378 e. The second-order valence-electron chi connectivity index (χ2n) is 5.09. The van der Waals surface area contributed by atoms with Crippen molar-refractivity contribution in [2.45, 2.75) is 71.4 Å². The molecule has 2 unspecified atom stereocenters. The highest BCUT2D eigenvalue weighted by Gasteiger charge is 2.21. The van der Waals surface area contributed by atoms with E-state index in [4.69, 9.17) is 4.74 Å². The van der Waals surface area contributed by atoms with Crippen molar-refractivity contribution in [1.82, 2.24) is 5.32 Å². The predicted molar refractivity (Wildman–Crippen MR) is 69.7 cm³/mol. The molecule has 1 heterocycles. The number of ether oxygens (including phenoxy) is 1. The first-order valence-electron chi connectivity index (χ1n) is 7.15. The van der Waals surface area contributed by atoms with Gasteiger partial charge in [-0.2, -0.15) is 0 Å². The molecule has 0 aliphatic carbocycles. The molecule has 0 bridgehead atoms. The molecule has 2 atom stereocenters.